The summed E-state index contributed by atoms with van der Waals surface area (Å²) in [5.74, 6) is -1.47. The van der Waals surface area contributed by atoms with Gasteiger partial charge in [-0.2, -0.15) is 0 Å². The maximum atomic E-state index is 12.4. The van der Waals surface area contributed by atoms with Crippen LogP contribution in [0.5, 0.6) is 0 Å². The van der Waals surface area contributed by atoms with Crippen LogP contribution in [0.15, 0.2) is 12.2 Å². The highest BCUT2D eigenvalue weighted by atomic mass is 16.9. The second kappa shape index (κ2) is 6.03. The molecule has 0 aromatic heterocycles. The van der Waals surface area contributed by atoms with Gasteiger partial charge in [0, 0.05) is 17.9 Å². The van der Waals surface area contributed by atoms with Crippen molar-refractivity contribution >= 4 is 11.9 Å². The van der Waals surface area contributed by atoms with Gasteiger partial charge in [-0.3, -0.25) is 0 Å². The van der Waals surface area contributed by atoms with Crippen LogP contribution in [-0.2, 0) is 33.3 Å². The third-order valence-corrected chi connectivity index (χ3v) is 7.07. The normalized spacial score (nSPS) is 46.2. The van der Waals surface area contributed by atoms with E-state index in [2.05, 4.69) is 27.4 Å². The van der Waals surface area contributed by atoms with Gasteiger partial charge in [-0.05, 0) is 30.6 Å². The highest BCUT2D eigenvalue weighted by Gasteiger charge is 2.68. The lowest BCUT2D eigenvalue weighted by atomic mass is 9.80. The van der Waals surface area contributed by atoms with Crippen molar-refractivity contribution in [2.24, 2.45) is 17.3 Å². The van der Waals surface area contributed by atoms with E-state index in [0.29, 0.717) is 5.57 Å². The van der Waals surface area contributed by atoms with Crippen LogP contribution in [0.1, 0.15) is 52.9 Å². The molecule has 5 rings (SSSR count). The van der Waals surface area contributed by atoms with Gasteiger partial charge in [0.15, 0.2) is 24.3 Å². The van der Waals surface area contributed by atoms with Gasteiger partial charge in [0.05, 0.1) is 0 Å². The molecule has 0 aromatic carbocycles. The number of hydrogen-bond donors (Lipinski definition) is 0. The first-order chi connectivity index (χ1) is 13.2. The summed E-state index contributed by atoms with van der Waals surface area (Å²) in [7, 11) is 0. The Bertz CT molecular complexity index is 726. The fraction of sp³-hybridized carbons (Fsp3) is 0.810. The maximum absolute atomic E-state index is 12.4. The van der Waals surface area contributed by atoms with Crippen LogP contribution in [0.4, 0.5) is 0 Å². The molecule has 7 heteroatoms. The van der Waals surface area contributed by atoms with Crippen LogP contribution < -0.4 is 0 Å². The smallest absolute Gasteiger partial charge is 0.350 e. The van der Waals surface area contributed by atoms with E-state index in [1.165, 1.54) is 0 Å². The van der Waals surface area contributed by atoms with Crippen LogP contribution in [0.3, 0.4) is 0 Å². The molecule has 7 atom stereocenters. The lowest BCUT2D eigenvalue weighted by Crippen LogP contribution is -2.41. The first kappa shape index (κ1) is 18.6. The van der Waals surface area contributed by atoms with Gasteiger partial charge in [0.1, 0.15) is 6.10 Å². The average molecular weight is 392 g/mol. The molecule has 0 N–H and O–H groups in total. The molecule has 0 bridgehead atoms. The van der Waals surface area contributed by atoms with Gasteiger partial charge >= 0.3 is 11.9 Å². The van der Waals surface area contributed by atoms with Crippen LogP contribution in [0, 0.1) is 17.3 Å². The highest BCUT2D eigenvalue weighted by molar-refractivity contribution is 5.91. The zero-order valence-electron chi connectivity index (χ0n) is 16.6. The van der Waals surface area contributed by atoms with Crippen molar-refractivity contribution in [2.75, 3.05) is 0 Å². The summed E-state index contributed by atoms with van der Waals surface area (Å²) in [4.78, 5) is 24.7. The molecule has 7 unspecified atom stereocenters. The number of fused-ring (bicyclic) bond motifs is 3. The Kier molecular flexibility index (Phi) is 4.00. The fourth-order valence-corrected chi connectivity index (χ4v) is 5.48. The Balaban J connectivity index is 1.27. The zero-order chi connectivity index (χ0) is 19.8. The monoisotopic (exact) mass is 392 g/mol. The summed E-state index contributed by atoms with van der Waals surface area (Å²) in [6.07, 6.45) is 1.18. The Morgan fingerprint density at radius 3 is 2.54 bits per heavy atom. The predicted molar refractivity (Wildman–Crippen MR) is 95.8 cm³/mol. The Labute approximate surface area is 164 Å². The molecule has 2 saturated carbocycles. The van der Waals surface area contributed by atoms with Crippen molar-refractivity contribution in [1.82, 2.24) is 0 Å². The average Bonchev–Trinajstić information content (AvgIpc) is 3.20. The summed E-state index contributed by atoms with van der Waals surface area (Å²) in [6.45, 7) is 10.3. The Hall–Kier alpha value is -1.44. The molecular weight excluding hydrogens is 364 g/mol. The van der Waals surface area contributed by atoms with Gasteiger partial charge in [-0.25, -0.2) is 9.59 Å². The number of rotatable bonds is 3. The van der Waals surface area contributed by atoms with E-state index < -0.39 is 48.4 Å². The third-order valence-electron chi connectivity index (χ3n) is 7.07. The quantitative estimate of drug-likeness (QED) is 0.539. The maximum Gasteiger partial charge on any atom is 0.350 e. The first-order valence-corrected chi connectivity index (χ1v) is 10.3. The van der Waals surface area contributed by atoms with E-state index in [4.69, 9.17) is 23.7 Å². The van der Waals surface area contributed by atoms with Crippen LogP contribution >= 0.6 is 0 Å². The summed E-state index contributed by atoms with van der Waals surface area (Å²) < 4.78 is 29.5. The van der Waals surface area contributed by atoms with Crippen molar-refractivity contribution in [3.05, 3.63) is 12.2 Å². The third kappa shape index (κ3) is 2.66. The second-order valence-corrected chi connectivity index (χ2v) is 9.81. The minimum Gasteiger partial charge on any atom is -0.454 e. The molecule has 0 amide bonds. The van der Waals surface area contributed by atoms with E-state index in [1.807, 2.05) is 0 Å². The fourth-order valence-electron chi connectivity index (χ4n) is 5.48. The van der Waals surface area contributed by atoms with E-state index in [9.17, 15) is 9.59 Å². The van der Waals surface area contributed by atoms with Gasteiger partial charge in [-0.1, -0.05) is 33.8 Å². The molecule has 0 aromatic rings. The van der Waals surface area contributed by atoms with Gasteiger partial charge < -0.3 is 23.7 Å². The highest BCUT2D eigenvalue weighted by Crippen LogP contribution is 2.56. The lowest BCUT2D eigenvalue weighted by Gasteiger charge is -2.30. The number of esters is 2. The van der Waals surface area contributed by atoms with Crippen LogP contribution in [-0.4, -0.2) is 48.4 Å². The van der Waals surface area contributed by atoms with E-state index >= 15 is 0 Å². The molecule has 7 nitrogen and oxygen atoms in total. The molecular formula is C21H28O7. The van der Waals surface area contributed by atoms with Crippen LogP contribution in [0.2, 0.25) is 0 Å². The number of carbonyl (C=O) groups is 2. The Morgan fingerprint density at radius 2 is 1.93 bits per heavy atom. The van der Waals surface area contributed by atoms with Gasteiger partial charge in [-0.15, -0.1) is 0 Å². The Morgan fingerprint density at radius 1 is 1.18 bits per heavy atom. The summed E-state index contributed by atoms with van der Waals surface area (Å²) in [5.41, 5.74) is 0.540. The molecule has 0 radical (unpaired) electrons. The van der Waals surface area contributed by atoms with Crippen molar-refractivity contribution in [1.29, 1.82) is 0 Å². The number of hydrogen-bond acceptors (Lipinski definition) is 7. The van der Waals surface area contributed by atoms with Crippen molar-refractivity contribution in [3.8, 4) is 0 Å². The minimum absolute atomic E-state index is 0.115. The van der Waals surface area contributed by atoms with Crippen molar-refractivity contribution in [3.63, 3.8) is 0 Å². The van der Waals surface area contributed by atoms with E-state index in [1.54, 1.807) is 0 Å². The standard InChI is InChI=1S/C21H28O7/c1-10-8-20(3,4)9-21(10)27-16-14-13(26-19(16)28-21)15(18(23)24-14)25-17(22)11(2)12-6-5-7-12/h10,12-16,19H,2,5-9H2,1,3-4H3. The summed E-state index contributed by atoms with van der Waals surface area (Å²) >= 11 is 0. The van der Waals surface area contributed by atoms with E-state index in [-0.39, 0.29) is 17.3 Å². The first-order valence-electron chi connectivity index (χ1n) is 10.3. The minimum atomic E-state index is -1.10. The SMILES string of the molecule is C=C(C(=O)OC1C(=O)OC2C3OC4(CC(C)(C)CC4C)OC3OC12)C1CCC1. The zero-order valence-corrected chi connectivity index (χ0v) is 16.6. The second-order valence-electron chi connectivity index (χ2n) is 9.81. The molecule has 3 heterocycles. The number of carbonyl (C=O) groups excluding carboxylic acids is 2. The van der Waals surface area contributed by atoms with Gasteiger partial charge in [0.25, 0.3) is 0 Å². The molecule has 154 valence electrons. The van der Waals surface area contributed by atoms with Crippen LogP contribution in [0.25, 0.3) is 0 Å². The van der Waals surface area contributed by atoms with Crippen molar-refractivity contribution in [2.45, 2.75) is 89.4 Å². The molecule has 3 aliphatic heterocycles. The molecule has 5 fully saturated rings. The lowest BCUT2D eigenvalue weighted by molar-refractivity contribution is -0.249. The van der Waals surface area contributed by atoms with Gasteiger partial charge in [0.2, 0.25) is 6.10 Å². The molecule has 2 aliphatic carbocycles. The van der Waals surface area contributed by atoms with E-state index in [0.717, 1.165) is 32.1 Å². The van der Waals surface area contributed by atoms with Crippen molar-refractivity contribution < 1.29 is 33.3 Å². The molecule has 28 heavy (non-hydrogen) atoms. The largest absolute Gasteiger partial charge is 0.454 e. The molecule has 3 saturated heterocycles. The summed E-state index contributed by atoms with van der Waals surface area (Å²) in [5, 5.41) is 0. The summed E-state index contributed by atoms with van der Waals surface area (Å²) in [6, 6.07) is 0. The topological polar surface area (TPSA) is 80.3 Å². The predicted octanol–water partition coefficient (Wildman–Crippen LogP) is 2.47. The number of ether oxygens (including phenoxy) is 5. The molecule has 1 spiro atoms. The molecule has 5 aliphatic rings.